The molecule has 0 radical (unpaired) electrons. The predicted octanol–water partition coefficient (Wildman–Crippen LogP) is 1.05. The van der Waals surface area contributed by atoms with Gasteiger partial charge < -0.3 is 0 Å². The summed E-state index contributed by atoms with van der Waals surface area (Å²) >= 11 is 2.54. The molecule has 6 heavy (non-hydrogen) atoms. The first kappa shape index (κ1) is 5.60. The van der Waals surface area contributed by atoms with Gasteiger partial charge in [0.2, 0.25) is 0 Å². The van der Waals surface area contributed by atoms with Gasteiger partial charge in [-0.25, -0.2) is 0 Å². The van der Waals surface area contributed by atoms with Crippen LogP contribution in [0.3, 0.4) is 0 Å². The fraction of sp³-hybridized carbons (Fsp3) is 0.750. The van der Waals surface area contributed by atoms with Gasteiger partial charge in [-0.05, 0) is 0 Å². The molecular formula is C4H6IIn. The molecule has 1 aliphatic rings. The Morgan fingerprint density at radius 3 is 2.83 bits per heavy atom. The maximum absolute atomic E-state index is 2.59. The van der Waals surface area contributed by atoms with Gasteiger partial charge in [0, 0.05) is 0 Å². The third-order valence-corrected chi connectivity index (χ3v) is 8.23. The minimum absolute atomic E-state index is 0.0456. The van der Waals surface area contributed by atoms with Crippen LogP contribution in [-0.2, 0) is 0 Å². The van der Waals surface area contributed by atoms with Gasteiger partial charge in [0.05, 0.1) is 0 Å². The third kappa shape index (κ3) is 1.52. The zero-order valence-electron chi connectivity index (χ0n) is 3.52. The van der Waals surface area contributed by atoms with Crippen LogP contribution in [0.15, 0.2) is 0 Å². The van der Waals surface area contributed by atoms with Crippen molar-refractivity contribution in [3.05, 3.63) is 0 Å². The summed E-state index contributed by atoms with van der Waals surface area (Å²) in [6.45, 7) is 0. The molecule has 0 bridgehead atoms. The van der Waals surface area contributed by atoms with E-state index in [1.165, 1.54) is 12.8 Å². The van der Waals surface area contributed by atoms with E-state index in [1.807, 2.05) is 0 Å². The van der Waals surface area contributed by atoms with E-state index in [-0.39, 0.29) is 22.4 Å². The maximum atomic E-state index is 2.59. The first-order valence-electron chi connectivity index (χ1n) is 2.20. The Bertz CT molecular complexity index is 69.9. The fourth-order valence-electron chi connectivity index (χ4n) is 0.596. The standard InChI is InChI=1S/C4H6I.In/c1-2-3-4-5;/h1,4H,2-3H2;. The molecule has 0 aromatic rings. The Kier molecular flexibility index (Phi) is 2.52. The van der Waals surface area contributed by atoms with Crippen LogP contribution in [0, 0.1) is 0 Å². The molecule has 1 atom stereocenters. The van der Waals surface area contributed by atoms with Crippen molar-refractivity contribution in [1.82, 2.24) is 0 Å². The Morgan fingerprint density at radius 1 is 1.83 bits per heavy atom. The van der Waals surface area contributed by atoms with Gasteiger partial charge >= 0.3 is 63.3 Å². The molecule has 2 heteroatoms. The molecule has 0 amide bonds. The van der Waals surface area contributed by atoms with E-state index in [2.05, 4.69) is 26.3 Å². The first-order chi connectivity index (χ1) is 2.89. The Balaban J connectivity index is 2.38. The van der Waals surface area contributed by atoms with Gasteiger partial charge in [-0.1, -0.05) is 0 Å². The van der Waals surface area contributed by atoms with Gasteiger partial charge in [0.1, 0.15) is 0 Å². The molecule has 0 aromatic carbocycles. The van der Waals surface area contributed by atoms with Crippen LogP contribution >= 0.6 is 22.6 Å². The topological polar surface area (TPSA) is 0 Å². The molecule has 0 nitrogen and oxygen atoms in total. The summed E-state index contributed by atoms with van der Waals surface area (Å²) in [6.07, 6.45) is 2.94. The van der Waals surface area contributed by atoms with Crippen molar-refractivity contribution in [2.75, 3.05) is 0 Å². The van der Waals surface area contributed by atoms with E-state index in [4.69, 9.17) is 0 Å². The van der Waals surface area contributed by atoms with Crippen molar-refractivity contribution < 1.29 is 0 Å². The third-order valence-electron chi connectivity index (χ3n) is 0.954. The van der Waals surface area contributed by atoms with Crippen molar-refractivity contribution in [2.24, 2.45) is 0 Å². The number of rotatable bonds is 0. The molecule has 0 saturated heterocycles. The average molecular weight is 296 g/mol. The van der Waals surface area contributed by atoms with Gasteiger partial charge in [-0.2, -0.15) is 0 Å². The summed E-state index contributed by atoms with van der Waals surface area (Å²) < 4.78 is 3.71. The van der Waals surface area contributed by atoms with Gasteiger partial charge in [-0.15, -0.1) is 0 Å². The molecule has 1 unspecified atom stereocenters. The fourth-order valence-corrected chi connectivity index (χ4v) is 5.96. The molecule has 0 N–H and O–H groups in total. The van der Waals surface area contributed by atoms with Crippen LogP contribution < -0.4 is 0 Å². The van der Waals surface area contributed by atoms with Gasteiger partial charge in [0.15, 0.2) is 0 Å². The van der Waals surface area contributed by atoms with Crippen LogP contribution in [0.4, 0.5) is 0 Å². The zero-order valence-corrected chi connectivity index (χ0v) is 8.98. The minimum atomic E-state index is -0.0456. The second kappa shape index (κ2) is 2.70. The quantitative estimate of drug-likeness (QED) is 0.463. The van der Waals surface area contributed by atoms with Crippen molar-refractivity contribution >= 4 is 48.8 Å². The van der Waals surface area contributed by atoms with E-state index < -0.39 is 0 Å². The summed E-state index contributed by atoms with van der Waals surface area (Å²) in [5, 5.41) is 0. The van der Waals surface area contributed by atoms with Crippen LogP contribution in [0.5, 0.6) is 0 Å². The summed E-state index contributed by atoms with van der Waals surface area (Å²) in [5.74, 6) is 0. The molecule has 1 rings (SSSR count). The van der Waals surface area contributed by atoms with Crippen molar-refractivity contribution in [3.63, 3.8) is 0 Å². The normalized spacial score (nSPS) is 30.5. The number of halogens is 1. The van der Waals surface area contributed by atoms with E-state index in [1.54, 1.807) is 0 Å². The van der Waals surface area contributed by atoms with E-state index in [0.29, 0.717) is 0 Å². The molecule has 32 valence electrons. The van der Waals surface area contributed by atoms with Crippen molar-refractivity contribution in [1.29, 1.82) is 0 Å². The number of hydrogen-bond acceptors (Lipinski definition) is 0. The van der Waals surface area contributed by atoms with Crippen LogP contribution in [0.25, 0.3) is 0 Å². The Hall–Kier alpha value is 1.47. The molecule has 1 aliphatic heterocycles. The van der Waals surface area contributed by atoms with Gasteiger partial charge in [-0.3, -0.25) is 0 Å². The molecule has 0 spiro atoms. The summed E-state index contributed by atoms with van der Waals surface area (Å²) in [4.78, 5) is 0. The van der Waals surface area contributed by atoms with Crippen LogP contribution in [0.2, 0.25) is 0 Å². The summed E-state index contributed by atoms with van der Waals surface area (Å²) in [6, 6.07) is 0. The summed E-state index contributed by atoms with van der Waals surface area (Å²) in [7, 11) is 0. The number of alkyl halides is 1. The van der Waals surface area contributed by atoms with Crippen LogP contribution in [-0.4, -0.2) is 27.9 Å². The van der Waals surface area contributed by atoms with E-state index >= 15 is 0 Å². The molecule has 0 fully saturated rings. The Labute approximate surface area is 62.7 Å². The zero-order chi connectivity index (χ0) is 4.41. The summed E-state index contributed by atoms with van der Waals surface area (Å²) in [5.41, 5.74) is 0. The monoisotopic (exact) mass is 296 g/mol. The average Bonchev–Trinajstić information content (AvgIpc) is 1.86. The van der Waals surface area contributed by atoms with Gasteiger partial charge in [0.25, 0.3) is 0 Å². The molecule has 0 saturated carbocycles. The van der Waals surface area contributed by atoms with Crippen molar-refractivity contribution in [3.8, 4) is 0 Å². The second-order valence-electron chi connectivity index (χ2n) is 1.52. The SMILES string of the molecule is I[CH]1CC[CH]=[In]1. The second-order valence-corrected chi connectivity index (χ2v) is 11.7. The molecular weight excluding hydrogens is 290 g/mol. The molecule has 0 aliphatic carbocycles. The van der Waals surface area contributed by atoms with Crippen LogP contribution in [0.1, 0.15) is 12.8 Å². The van der Waals surface area contributed by atoms with Crippen molar-refractivity contribution in [2.45, 2.75) is 14.5 Å². The molecule has 0 aromatic heterocycles. The molecule has 1 heterocycles. The first-order valence-corrected chi connectivity index (χ1v) is 7.25. The number of hydrogen-bond donors (Lipinski definition) is 0. The predicted molar refractivity (Wildman–Crippen MR) is 38.9 cm³/mol. The Morgan fingerprint density at radius 2 is 2.67 bits per heavy atom. The van der Waals surface area contributed by atoms with E-state index in [0.717, 1.165) is 1.68 Å². The van der Waals surface area contributed by atoms with E-state index in [9.17, 15) is 0 Å².